The number of carbonyl (C=O) groups excluding carboxylic acids is 2. The molecule has 0 saturated carbocycles. The first kappa shape index (κ1) is 18.2. The Kier molecular flexibility index (Phi) is 6.38. The van der Waals surface area contributed by atoms with Crippen LogP contribution >= 0.6 is 0 Å². The summed E-state index contributed by atoms with van der Waals surface area (Å²) in [6, 6.07) is -0.215. The van der Waals surface area contributed by atoms with Gasteiger partial charge in [0.05, 0.1) is 6.04 Å². The number of amides is 2. The Hall–Kier alpha value is -1.18. The van der Waals surface area contributed by atoms with Crippen molar-refractivity contribution in [1.29, 1.82) is 0 Å². The Morgan fingerprint density at radius 3 is 2.61 bits per heavy atom. The molecule has 1 atom stereocenters. The smallest absolute Gasteiger partial charge is 0.240 e. The van der Waals surface area contributed by atoms with Crippen LogP contribution in [-0.2, 0) is 14.3 Å². The molecule has 2 aliphatic rings. The van der Waals surface area contributed by atoms with E-state index < -0.39 is 5.54 Å². The van der Waals surface area contributed by atoms with Crippen LogP contribution in [0, 0.1) is 0 Å². The largest absolute Gasteiger partial charge is 0.381 e. The van der Waals surface area contributed by atoms with Crippen molar-refractivity contribution in [2.24, 2.45) is 0 Å². The van der Waals surface area contributed by atoms with Gasteiger partial charge in [0.25, 0.3) is 0 Å². The average Bonchev–Trinajstić information content (AvgIpc) is 3.04. The van der Waals surface area contributed by atoms with Gasteiger partial charge in [-0.15, -0.1) is 0 Å². The van der Waals surface area contributed by atoms with Crippen molar-refractivity contribution >= 4 is 11.8 Å². The fraction of sp³-hybridized carbons (Fsp3) is 0.875. The van der Waals surface area contributed by atoms with Crippen LogP contribution in [0.15, 0.2) is 0 Å². The molecular weight excluding hydrogens is 296 g/mol. The number of hydrogen-bond donors (Lipinski definition) is 2. The van der Waals surface area contributed by atoms with Gasteiger partial charge in [0.1, 0.15) is 5.54 Å². The molecule has 0 aromatic carbocycles. The van der Waals surface area contributed by atoms with Crippen LogP contribution in [-0.4, -0.2) is 87.2 Å². The summed E-state index contributed by atoms with van der Waals surface area (Å²) in [6.07, 6.45) is 3.06. The van der Waals surface area contributed by atoms with Crippen LogP contribution in [0.5, 0.6) is 0 Å². The summed E-state index contributed by atoms with van der Waals surface area (Å²) in [5.41, 5.74) is -0.604. The highest BCUT2D eigenvalue weighted by Crippen LogP contribution is 2.35. The van der Waals surface area contributed by atoms with Gasteiger partial charge in [-0.25, -0.2) is 0 Å². The first-order valence-electron chi connectivity index (χ1n) is 8.50. The first-order valence-corrected chi connectivity index (χ1v) is 8.50. The van der Waals surface area contributed by atoms with Crippen molar-refractivity contribution in [2.75, 3.05) is 54.0 Å². The SMILES string of the molecule is CNC(=O)C1(N2CCCC2C(=O)NCCN(C)C)CCOCC1. The van der Waals surface area contributed by atoms with E-state index in [4.69, 9.17) is 4.74 Å². The number of likely N-dealkylation sites (N-methyl/N-ethyl adjacent to an activating group) is 2. The van der Waals surface area contributed by atoms with Crippen LogP contribution in [0.25, 0.3) is 0 Å². The van der Waals surface area contributed by atoms with E-state index in [0.29, 0.717) is 32.6 Å². The van der Waals surface area contributed by atoms with Gasteiger partial charge in [-0.1, -0.05) is 0 Å². The highest BCUT2D eigenvalue weighted by molar-refractivity contribution is 5.88. The van der Waals surface area contributed by atoms with Gasteiger partial charge < -0.3 is 20.3 Å². The van der Waals surface area contributed by atoms with E-state index >= 15 is 0 Å². The highest BCUT2D eigenvalue weighted by atomic mass is 16.5. The molecule has 0 aliphatic carbocycles. The van der Waals surface area contributed by atoms with Gasteiger partial charge in [-0.05, 0) is 39.8 Å². The molecule has 2 N–H and O–H groups in total. The lowest BCUT2D eigenvalue weighted by atomic mass is 9.86. The quantitative estimate of drug-likeness (QED) is 0.683. The number of carbonyl (C=O) groups is 2. The van der Waals surface area contributed by atoms with Crippen LogP contribution < -0.4 is 10.6 Å². The summed E-state index contributed by atoms with van der Waals surface area (Å²) >= 11 is 0. The monoisotopic (exact) mass is 326 g/mol. The molecule has 2 saturated heterocycles. The predicted molar refractivity (Wildman–Crippen MR) is 88.1 cm³/mol. The maximum absolute atomic E-state index is 12.6. The number of nitrogens with one attached hydrogen (secondary N) is 2. The summed E-state index contributed by atoms with van der Waals surface area (Å²) in [5, 5.41) is 5.81. The second kappa shape index (κ2) is 8.08. The zero-order chi connectivity index (χ0) is 16.9. The van der Waals surface area contributed by atoms with E-state index in [9.17, 15) is 9.59 Å². The molecule has 2 amide bonds. The molecule has 7 heteroatoms. The fourth-order valence-corrected chi connectivity index (χ4v) is 3.66. The predicted octanol–water partition coefficient (Wildman–Crippen LogP) is -0.576. The fourth-order valence-electron chi connectivity index (χ4n) is 3.66. The highest BCUT2D eigenvalue weighted by Gasteiger charge is 2.50. The molecule has 2 fully saturated rings. The van der Waals surface area contributed by atoms with E-state index in [0.717, 1.165) is 25.9 Å². The molecule has 23 heavy (non-hydrogen) atoms. The molecule has 0 aromatic heterocycles. The normalized spacial score (nSPS) is 24.6. The van der Waals surface area contributed by atoms with Gasteiger partial charge in [0.2, 0.25) is 11.8 Å². The Morgan fingerprint density at radius 2 is 2.00 bits per heavy atom. The molecule has 0 aromatic rings. The second-order valence-corrected chi connectivity index (χ2v) is 6.67. The summed E-state index contributed by atoms with van der Waals surface area (Å²) < 4.78 is 5.45. The number of ether oxygens (including phenoxy) is 1. The number of hydrogen-bond acceptors (Lipinski definition) is 5. The van der Waals surface area contributed by atoms with E-state index in [1.807, 2.05) is 19.0 Å². The molecule has 1 unspecified atom stereocenters. The maximum Gasteiger partial charge on any atom is 0.240 e. The second-order valence-electron chi connectivity index (χ2n) is 6.67. The van der Waals surface area contributed by atoms with Crippen molar-refractivity contribution in [2.45, 2.75) is 37.3 Å². The molecule has 0 radical (unpaired) electrons. The number of rotatable bonds is 6. The summed E-state index contributed by atoms with van der Waals surface area (Å²) in [4.78, 5) is 29.4. The summed E-state index contributed by atoms with van der Waals surface area (Å²) in [5.74, 6) is 0.0490. The Balaban J connectivity index is 2.08. The van der Waals surface area contributed by atoms with Crippen molar-refractivity contribution < 1.29 is 14.3 Å². The molecular formula is C16H30N4O3. The zero-order valence-electron chi connectivity index (χ0n) is 14.6. The Bertz CT molecular complexity index is 422. The maximum atomic E-state index is 12.6. The number of nitrogens with zero attached hydrogens (tertiary/aromatic N) is 2. The molecule has 0 bridgehead atoms. The van der Waals surface area contributed by atoms with E-state index in [2.05, 4.69) is 15.5 Å². The van der Waals surface area contributed by atoms with Crippen molar-refractivity contribution in [3.05, 3.63) is 0 Å². The van der Waals surface area contributed by atoms with Crippen LogP contribution in [0.2, 0.25) is 0 Å². The van der Waals surface area contributed by atoms with Gasteiger partial charge in [-0.2, -0.15) is 0 Å². The van der Waals surface area contributed by atoms with Gasteiger partial charge in [0, 0.05) is 39.9 Å². The minimum Gasteiger partial charge on any atom is -0.381 e. The van der Waals surface area contributed by atoms with Crippen molar-refractivity contribution in [3.8, 4) is 0 Å². The number of likely N-dealkylation sites (tertiary alicyclic amines) is 1. The van der Waals surface area contributed by atoms with E-state index in [-0.39, 0.29) is 17.9 Å². The third-order valence-electron chi connectivity index (χ3n) is 4.93. The van der Waals surface area contributed by atoms with E-state index in [1.54, 1.807) is 7.05 Å². The van der Waals surface area contributed by atoms with Crippen LogP contribution in [0.1, 0.15) is 25.7 Å². The van der Waals surface area contributed by atoms with Gasteiger partial charge in [0.15, 0.2) is 0 Å². The molecule has 0 spiro atoms. The minimum atomic E-state index is -0.604. The third kappa shape index (κ3) is 4.02. The average molecular weight is 326 g/mol. The van der Waals surface area contributed by atoms with Crippen LogP contribution in [0.3, 0.4) is 0 Å². The van der Waals surface area contributed by atoms with Gasteiger partial charge in [-0.3, -0.25) is 14.5 Å². The third-order valence-corrected chi connectivity index (χ3v) is 4.93. The van der Waals surface area contributed by atoms with E-state index in [1.165, 1.54) is 0 Å². The molecule has 7 nitrogen and oxygen atoms in total. The molecule has 132 valence electrons. The lowest BCUT2D eigenvalue weighted by Crippen LogP contribution is -2.64. The molecule has 2 aliphatic heterocycles. The standard InChI is InChI=1S/C16H30N4O3/c1-17-15(22)16(6-11-23-12-7-16)20-9-4-5-13(20)14(21)18-8-10-19(2)3/h13H,4-12H2,1-3H3,(H,17,22)(H,18,21). The van der Waals surface area contributed by atoms with Crippen molar-refractivity contribution in [3.63, 3.8) is 0 Å². The Morgan fingerprint density at radius 1 is 1.30 bits per heavy atom. The molecule has 2 rings (SSSR count). The van der Waals surface area contributed by atoms with Gasteiger partial charge >= 0.3 is 0 Å². The topological polar surface area (TPSA) is 73.9 Å². The lowest BCUT2D eigenvalue weighted by molar-refractivity contribution is -0.145. The zero-order valence-corrected chi connectivity index (χ0v) is 14.6. The summed E-state index contributed by atoms with van der Waals surface area (Å²) in [6.45, 7) is 3.37. The molecule has 2 heterocycles. The van der Waals surface area contributed by atoms with Crippen LogP contribution in [0.4, 0.5) is 0 Å². The minimum absolute atomic E-state index is 0.00814. The van der Waals surface area contributed by atoms with Crippen molar-refractivity contribution in [1.82, 2.24) is 20.4 Å². The Labute approximate surface area is 138 Å². The lowest BCUT2D eigenvalue weighted by Gasteiger charge is -2.45. The first-order chi connectivity index (χ1) is 11.0. The summed E-state index contributed by atoms with van der Waals surface area (Å²) in [7, 11) is 5.63.